The van der Waals surface area contributed by atoms with Crippen molar-refractivity contribution in [3.8, 4) is 5.69 Å². The summed E-state index contributed by atoms with van der Waals surface area (Å²) in [7, 11) is 0. The molecule has 0 radical (unpaired) electrons. The summed E-state index contributed by atoms with van der Waals surface area (Å²) in [6, 6.07) is 12.6. The van der Waals surface area contributed by atoms with Crippen LogP contribution in [0.2, 0.25) is 0 Å². The van der Waals surface area contributed by atoms with Crippen LogP contribution in [0.15, 0.2) is 42.6 Å². The number of para-hydroxylation sites is 1. The summed E-state index contributed by atoms with van der Waals surface area (Å²) >= 11 is 0. The Bertz CT molecular complexity index is 658. The van der Waals surface area contributed by atoms with E-state index in [0.717, 1.165) is 56.9 Å². The van der Waals surface area contributed by atoms with Crippen LogP contribution in [0.4, 0.5) is 0 Å². The Morgan fingerprint density at radius 2 is 2.04 bits per heavy atom. The van der Waals surface area contributed by atoms with Gasteiger partial charge in [0.2, 0.25) is 0 Å². The summed E-state index contributed by atoms with van der Waals surface area (Å²) in [4.78, 5) is 2.44. The third-order valence-electron chi connectivity index (χ3n) is 5.34. The third-order valence-corrected chi connectivity index (χ3v) is 5.34. The van der Waals surface area contributed by atoms with E-state index in [1.54, 1.807) is 0 Å². The quantitative estimate of drug-likeness (QED) is 0.936. The molecule has 2 fully saturated rings. The van der Waals surface area contributed by atoms with Crippen LogP contribution >= 0.6 is 0 Å². The molecular weight excluding hydrogens is 302 g/mol. The molecule has 1 N–H and O–H groups in total. The monoisotopic (exact) mass is 327 g/mol. The van der Waals surface area contributed by atoms with Gasteiger partial charge in [0, 0.05) is 31.2 Å². The van der Waals surface area contributed by atoms with Crippen LogP contribution in [-0.2, 0) is 11.3 Å². The molecular formula is C19H25N3O2. The summed E-state index contributed by atoms with van der Waals surface area (Å²) in [5.74, 6) is 0.335. The van der Waals surface area contributed by atoms with Crippen molar-refractivity contribution in [3.63, 3.8) is 0 Å². The number of morpholine rings is 1. The molecule has 3 atom stereocenters. The first-order chi connectivity index (χ1) is 11.8. The van der Waals surface area contributed by atoms with Gasteiger partial charge in [0.25, 0.3) is 0 Å². The zero-order valence-corrected chi connectivity index (χ0v) is 13.9. The fraction of sp³-hybridized carbons (Fsp3) is 0.526. The predicted molar refractivity (Wildman–Crippen MR) is 91.9 cm³/mol. The topological polar surface area (TPSA) is 50.5 Å². The number of benzene rings is 1. The zero-order valence-electron chi connectivity index (χ0n) is 13.9. The lowest BCUT2D eigenvalue weighted by atomic mass is 9.94. The number of aliphatic hydroxyl groups excluding tert-OH is 1. The van der Waals surface area contributed by atoms with Crippen LogP contribution in [0, 0.1) is 5.92 Å². The molecule has 0 spiro atoms. The van der Waals surface area contributed by atoms with E-state index in [4.69, 9.17) is 9.84 Å². The number of rotatable bonds is 4. The first kappa shape index (κ1) is 15.8. The Morgan fingerprint density at radius 3 is 2.83 bits per heavy atom. The van der Waals surface area contributed by atoms with Gasteiger partial charge in [-0.25, -0.2) is 4.68 Å². The first-order valence-corrected chi connectivity index (χ1v) is 8.91. The average Bonchev–Trinajstić information content (AvgIpc) is 3.25. The van der Waals surface area contributed by atoms with Crippen molar-refractivity contribution >= 4 is 0 Å². The highest BCUT2D eigenvalue weighted by Gasteiger charge is 2.37. The molecule has 0 bridgehead atoms. The van der Waals surface area contributed by atoms with Crippen molar-refractivity contribution in [1.82, 2.24) is 14.7 Å². The fourth-order valence-corrected chi connectivity index (χ4v) is 4.04. The smallest absolute Gasteiger partial charge is 0.0769 e. The minimum Gasteiger partial charge on any atom is -0.393 e. The molecule has 24 heavy (non-hydrogen) atoms. The molecule has 2 heterocycles. The maximum Gasteiger partial charge on any atom is 0.0769 e. The molecule has 128 valence electrons. The van der Waals surface area contributed by atoms with Gasteiger partial charge in [0.1, 0.15) is 0 Å². The molecule has 5 heteroatoms. The van der Waals surface area contributed by atoms with Gasteiger partial charge < -0.3 is 9.84 Å². The van der Waals surface area contributed by atoms with Crippen LogP contribution in [0.3, 0.4) is 0 Å². The average molecular weight is 327 g/mol. The van der Waals surface area contributed by atoms with Crippen molar-refractivity contribution in [1.29, 1.82) is 0 Å². The Morgan fingerprint density at radius 1 is 1.17 bits per heavy atom. The molecule has 1 aromatic heterocycles. The molecule has 5 nitrogen and oxygen atoms in total. The number of hydrogen-bond donors (Lipinski definition) is 1. The van der Waals surface area contributed by atoms with Gasteiger partial charge in [0.05, 0.1) is 30.7 Å². The van der Waals surface area contributed by atoms with Gasteiger partial charge in [-0.1, -0.05) is 24.6 Å². The summed E-state index contributed by atoms with van der Waals surface area (Å²) in [5.41, 5.74) is 2.15. The van der Waals surface area contributed by atoms with Gasteiger partial charge in [0.15, 0.2) is 0 Å². The minimum absolute atomic E-state index is 0.180. The highest BCUT2D eigenvalue weighted by Crippen LogP contribution is 2.32. The van der Waals surface area contributed by atoms with Gasteiger partial charge in [-0.3, -0.25) is 4.90 Å². The van der Waals surface area contributed by atoms with Gasteiger partial charge in [-0.05, 0) is 31.0 Å². The fourth-order valence-electron chi connectivity index (χ4n) is 4.04. The van der Waals surface area contributed by atoms with Crippen molar-refractivity contribution in [2.24, 2.45) is 5.92 Å². The Hall–Kier alpha value is -1.69. The van der Waals surface area contributed by atoms with Crippen molar-refractivity contribution in [2.75, 3.05) is 19.8 Å². The standard InChI is InChI=1S/C19H25N3O2/c23-19-8-4-7-17(19)18-14-24-12-11-21(18)13-15-9-10-22(20-15)16-5-2-1-3-6-16/h1-3,5-6,9-10,17-19,23H,4,7-8,11-14H2/t17-,18-,19+/m0/s1. The second-order valence-corrected chi connectivity index (χ2v) is 6.86. The lowest BCUT2D eigenvalue weighted by Gasteiger charge is -2.39. The van der Waals surface area contributed by atoms with E-state index in [2.05, 4.69) is 23.1 Å². The van der Waals surface area contributed by atoms with E-state index in [-0.39, 0.29) is 6.10 Å². The molecule has 1 saturated heterocycles. The van der Waals surface area contributed by atoms with Crippen molar-refractivity contribution in [2.45, 2.75) is 38.0 Å². The molecule has 1 aliphatic carbocycles. The van der Waals surface area contributed by atoms with Crippen molar-refractivity contribution in [3.05, 3.63) is 48.3 Å². The van der Waals surface area contributed by atoms with Crippen molar-refractivity contribution < 1.29 is 9.84 Å². The maximum absolute atomic E-state index is 10.3. The van der Waals surface area contributed by atoms with Crippen LogP contribution in [0.1, 0.15) is 25.0 Å². The number of aromatic nitrogens is 2. The van der Waals surface area contributed by atoms with Crippen LogP contribution < -0.4 is 0 Å². The maximum atomic E-state index is 10.3. The summed E-state index contributed by atoms with van der Waals surface area (Å²) in [6.07, 6.45) is 4.99. The SMILES string of the molecule is O[C@@H]1CCC[C@H]1[C@@H]1COCCN1Cc1ccn(-c2ccccc2)n1. The third kappa shape index (κ3) is 3.24. The molecule has 1 aliphatic heterocycles. The van der Waals surface area contributed by atoms with E-state index < -0.39 is 0 Å². The highest BCUT2D eigenvalue weighted by atomic mass is 16.5. The summed E-state index contributed by atoms with van der Waals surface area (Å²) in [6.45, 7) is 3.21. The highest BCUT2D eigenvalue weighted by molar-refractivity contribution is 5.30. The number of ether oxygens (including phenoxy) is 1. The number of nitrogens with zero attached hydrogens (tertiary/aromatic N) is 3. The largest absolute Gasteiger partial charge is 0.393 e. The molecule has 1 saturated carbocycles. The van der Waals surface area contributed by atoms with Crippen LogP contribution in [0.5, 0.6) is 0 Å². The zero-order chi connectivity index (χ0) is 16.4. The lowest BCUT2D eigenvalue weighted by molar-refractivity contribution is -0.0541. The van der Waals surface area contributed by atoms with E-state index in [9.17, 15) is 5.11 Å². The Labute approximate surface area is 142 Å². The van der Waals surface area contributed by atoms with E-state index in [1.807, 2.05) is 29.1 Å². The normalized spacial score (nSPS) is 28.3. The molecule has 0 unspecified atom stereocenters. The Kier molecular flexibility index (Phi) is 4.65. The van der Waals surface area contributed by atoms with Gasteiger partial charge in [-0.2, -0.15) is 5.10 Å². The molecule has 1 aromatic carbocycles. The molecule has 4 rings (SSSR count). The first-order valence-electron chi connectivity index (χ1n) is 8.91. The number of aliphatic hydroxyl groups is 1. The lowest BCUT2D eigenvalue weighted by Crippen LogP contribution is -2.50. The summed E-state index contributed by atoms with van der Waals surface area (Å²) < 4.78 is 7.63. The van der Waals surface area contributed by atoms with Gasteiger partial charge >= 0.3 is 0 Å². The second-order valence-electron chi connectivity index (χ2n) is 6.86. The van der Waals surface area contributed by atoms with E-state index in [0.29, 0.717) is 12.0 Å². The minimum atomic E-state index is -0.180. The van der Waals surface area contributed by atoms with E-state index in [1.165, 1.54) is 0 Å². The number of hydrogen-bond acceptors (Lipinski definition) is 4. The molecule has 2 aliphatic rings. The molecule has 0 amide bonds. The summed E-state index contributed by atoms with van der Waals surface area (Å²) in [5, 5.41) is 15.0. The Balaban J connectivity index is 1.48. The van der Waals surface area contributed by atoms with E-state index >= 15 is 0 Å². The van der Waals surface area contributed by atoms with Crippen LogP contribution in [-0.4, -0.2) is 51.7 Å². The second kappa shape index (κ2) is 7.05. The predicted octanol–water partition coefficient (Wildman–Crippen LogP) is 2.23. The van der Waals surface area contributed by atoms with Gasteiger partial charge in [-0.15, -0.1) is 0 Å². The molecule has 2 aromatic rings. The van der Waals surface area contributed by atoms with Crippen LogP contribution in [0.25, 0.3) is 5.69 Å².